The van der Waals surface area contributed by atoms with E-state index < -0.39 is 0 Å². The van der Waals surface area contributed by atoms with Crippen LogP contribution < -0.4 is 5.73 Å². The fraction of sp³-hybridized carbons (Fsp3) is 0.364. The summed E-state index contributed by atoms with van der Waals surface area (Å²) >= 11 is 0. The molecule has 2 N–H and O–H groups in total. The number of nitrogen functional groups attached to an aromatic ring is 1. The number of aryl methyl sites for hydroxylation is 3. The van der Waals surface area contributed by atoms with E-state index >= 15 is 0 Å². The Morgan fingerprint density at radius 1 is 1.27 bits per heavy atom. The van der Waals surface area contributed by atoms with E-state index in [0.717, 1.165) is 23.9 Å². The Hall–Kier alpha value is -1.71. The molecule has 0 atom stereocenters. The van der Waals surface area contributed by atoms with Crippen LogP contribution in [0.1, 0.15) is 23.4 Å². The van der Waals surface area contributed by atoms with Gasteiger partial charge in [-0.25, -0.2) is 15.0 Å². The molecule has 2 aromatic rings. The maximum absolute atomic E-state index is 5.94. The van der Waals surface area contributed by atoms with Crippen LogP contribution in [0.2, 0.25) is 0 Å². The highest BCUT2D eigenvalue weighted by molar-refractivity contribution is 5.89. The van der Waals surface area contributed by atoms with Gasteiger partial charge >= 0.3 is 0 Å². The summed E-state index contributed by atoms with van der Waals surface area (Å²) < 4.78 is 0. The van der Waals surface area contributed by atoms with E-state index in [1.165, 1.54) is 17.5 Å². The standard InChI is InChI=1S/C11H12N4/c1-6-14-10(12)9-8-4-2-3-7(8)5-13-11(9)15-6/h5H,2-4H2,1H3,(H2,12,13,14,15). The van der Waals surface area contributed by atoms with Crippen molar-refractivity contribution in [1.29, 1.82) is 0 Å². The molecule has 4 nitrogen and oxygen atoms in total. The van der Waals surface area contributed by atoms with Crippen molar-refractivity contribution in [1.82, 2.24) is 15.0 Å². The molecule has 0 saturated carbocycles. The lowest BCUT2D eigenvalue weighted by molar-refractivity contribution is 0.912. The molecule has 1 aliphatic carbocycles. The first kappa shape index (κ1) is 8.59. The zero-order valence-electron chi connectivity index (χ0n) is 8.62. The first-order valence-corrected chi connectivity index (χ1v) is 5.16. The van der Waals surface area contributed by atoms with Crippen LogP contribution >= 0.6 is 0 Å². The molecule has 0 spiro atoms. The minimum atomic E-state index is 0.573. The predicted octanol–water partition coefficient (Wildman–Crippen LogP) is 1.40. The third-order valence-corrected chi connectivity index (χ3v) is 2.93. The van der Waals surface area contributed by atoms with Crippen LogP contribution in [0.3, 0.4) is 0 Å². The molecule has 0 amide bonds. The molecule has 0 unspecified atom stereocenters. The summed E-state index contributed by atoms with van der Waals surface area (Å²) in [6.07, 6.45) is 5.29. The molecule has 76 valence electrons. The number of hydrogen-bond donors (Lipinski definition) is 1. The molecular weight excluding hydrogens is 188 g/mol. The van der Waals surface area contributed by atoms with Crippen LogP contribution in [0.15, 0.2) is 6.20 Å². The van der Waals surface area contributed by atoms with E-state index in [0.29, 0.717) is 11.6 Å². The maximum Gasteiger partial charge on any atom is 0.165 e. The Kier molecular flexibility index (Phi) is 1.65. The van der Waals surface area contributed by atoms with Crippen LogP contribution in [0, 0.1) is 6.92 Å². The van der Waals surface area contributed by atoms with Gasteiger partial charge in [0.05, 0.1) is 5.39 Å². The van der Waals surface area contributed by atoms with Crippen molar-refractivity contribution in [3.63, 3.8) is 0 Å². The van der Waals surface area contributed by atoms with E-state index in [-0.39, 0.29) is 0 Å². The van der Waals surface area contributed by atoms with Crippen molar-refractivity contribution in [3.05, 3.63) is 23.1 Å². The molecular formula is C11H12N4. The fourth-order valence-corrected chi connectivity index (χ4v) is 2.30. The van der Waals surface area contributed by atoms with Crippen LogP contribution in [0.25, 0.3) is 11.0 Å². The second-order valence-corrected chi connectivity index (χ2v) is 3.97. The number of nitrogens with zero attached hydrogens (tertiary/aromatic N) is 3. The molecule has 4 heteroatoms. The van der Waals surface area contributed by atoms with Crippen LogP contribution in [-0.4, -0.2) is 15.0 Å². The summed E-state index contributed by atoms with van der Waals surface area (Å²) in [5.74, 6) is 1.26. The minimum absolute atomic E-state index is 0.573. The number of aromatic nitrogens is 3. The second-order valence-electron chi connectivity index (χ2n) is 3.97. The van der Waals surface area contributed by atoms with E-state index in [1.54, 1.807) is 0 Å². The van der Waals surface area contributed by atoms with E-state index in [1.807, 2.05) is 13.1 Å². The molecule has 15 heavy (non-hydrogen) atoms. The van der Waals surface area contributed by atoms with Crippen molar-refractivity contribution < 1.29 is 0 Å². The van der Waals surface area contributed by atoms with Gasteiger partial charge in [0, 0.05) is 6.20 Å². The molecule has 0 fully saturated rings. The third kappa shape index (κ3) is 1.17. The Morgan fingerprint density at radius 3 is 3.00 bits per heavy atom. The molecule has 0 aliphatic heterocycles. The van der Waals surface area contributed by atoms with Gasteiger partial charge < -0.3 is 5.73 Å². The lowest BCUT2D eigenvalue weighted by atomic mass is 10.1. The summed E-state index contributed by atoms with van der Waals surface area (Å²) in [6, 6.07) is 0. The largest absolute Gasteiger partial charge is 0.383 e. The molecule has 0 aromatic carbocycles. The van der Waals surface area contributed by atoms with Crippen molar-refractivity contribution >= 4 is 16.9 Å². The Labute approximate surface area is 87.6 Å². The summed E-state index contributed by atoms with van der Waals surface area (Å²) in [4.78, 5) is 12.9. The van der Waals surface area contributed by atoms with Gasteiger partial charge in [-0.2, -0.15) is 0 Å². The van der Waals surface area contributed by atoms with Gasteiger partial charge in [0.2, 0.25) is 0 Å². The van der Waals surface area contributed by atoms with Crippen LogP contribution in [0.5, 0.6) is 0 Å². The Morgan fingerprint density at radius 2 is 2.13 bits per heavy atom. The Bertz CT molecular complexity index is 548. The van der Waals surface area contributed by atoms with Gasteiger partial charge in [-0.1, -0.05) is 0 Å². The van der Waals surface area contributed by atoms with Crippen molar-refractivity contribution in [3.8, 4) is 0 Å². The molecule has 2 heterocycles. The molecule has 1 aliphatic rings. The second kappa shape index (κ2) is 2.89. The average molecular weight is 200 g/mol. The van der Waals surface area contributed by atoms with Gasteiger partial charge in [-0.15, -0.1) is 0 Å². The van der Waals surface area contributed by atoms with Crippen LogP contribution in [-0.2, 0) is 12.8 Å². The third-order valence-electron chi connectivity index (χ3n) is 2.93. The number of pyridine rings is 1. The van der Waals surface area contributed by atoms with E-state index in [4.69, 9.17) is 5.73 Å². The predicted molar refractivity (Wildman–Crippen MR) is 58.5 cm³/mol. The zero-order valence-corrected chi connectivity index (χ0v) is 8.62. The van der Waals surface area contributed by atoms with Gasteiger partial charge in [0.15, 0.2) is 5.65 Å². The normalized spacial score (nSPS) is 14.5. The monoisotopic (exact) mass is 200 g/mol. The lowest BCUT2D eigenvalue weighted by Gasteiger charge is -2.06. The van der Waals surface area contributed by atoms with Gasteiger partial charge in [-0.3, -0.25) is 0 Å². The molecule has 0 bridgehead atoms. The molecule has 3 rings (SSSR count). The number of hydrogen-bond acceptors (Lipinski definition) is 4. The first-order chi connectivity index (χ1) is 7.25. The number of nitrogens with two attached hydrogens (primary N) is 1. The van der Waals surface area contributed by atoms with E-state index in [2.05, 4.69) is 15.0 Å². The van der Waals surface area contributed by atoms with Crippen molar-refractivity contribution in [2.24, 2.45) is 0 Å². The van der Waals surface area contributed by atoms with Crippen LogP contribution in [0.4, 0.5) is 5.82 Å². The van der Waals surface area contributed by atoms with Crippen molar-refractivity contribution in [2.75, 3.05) is 5.73 Å². The lowest BCUT2D eigenvalue weighted by Crippen LogP contribution is -2.01. The average Bonchev–Trinajstić information content (AvgIpc) is 2.63. The highest BCUT2D eigenvalue weighted by Crippen LogP contribution is 2.30. The van der Waals surface area contributed by atoms with Gasteiger partial charge in [0.1, 0.15) is 11.6 Å². The molecule has 0 saturated heterocycles. The fourth-order valence-electron chi connectivity index (χ4n) is 2.30. The highest BCUT2D eigenvalue weighted by atomic mass is 15.0. The number of fused-ring (bicyclic) bond motifs is 3. The van der Waals surface area contributed by atoms with Crippen molar-refractivity contribution in [2.45, 2.75) is 26.2 Å². The van der Waals surface area contributed by atoms with Gasteiger partial charge in [0.25, 0.3) is 0 Å². The number of anilines is 1. The minimum Gasteiger partial charge on any atom is -0.383 e. The summed E-state index contributed by atoms with van der Waals surface area (Å²) in [7, 11) is 0. The first-order valence-electron chi connectivity index (χ1n) is 5.16. The topological polar surface area (TPSA) is 64.7 Å². The zero-order chi connectivity index (χ0) is 10.4. The van der Waals surface area contributed by atoms with Gasteiger partial charge in [-0.05, 0) is 37.3 Å². The molecule has 2 aromatic heterocycles. The summed E-state index contributed by atoms with van der Waals surface area (Å²) in [5, 5.41) is 0.968. The maximum atomic E-state index is 5.94. The SMILES string of the molecule is Cc1nc(N)c2c3c(cnc2n1)CCC3. The highest BCUT2D eigenvalue weighted by Gasteiger charge is 2.17. The quantitative estimate of drug-likeness (QED) is 0.698. The Balaban J connectivity index is 2.45. The van der Waals surface area contributed by atoms with E-state index in [9.17, 15) is 0 Å². The smallest absolute Gasteiger partial charge is 0.165 e. The summed E-state index contributed by atoms with van der Waals surface area (Å²) in [6.45, 7) is 1.84. The molecule has 0 radical (unpaired) electrons. The summed E-state index contributed by atoms with van der Waals surface area (Å²) in [5.41, 5.74) is 9.29. The number of rotatable bonds is 0.